The molecule has 5 heteroatoms. The molecule has 1 atom stereocenters. The minimum atomic E-state index is -1.02. The van der Waals surface area contributed by atoms with Gasteiger partial charge in [0, 0.05) is 12.0 Å². The fraction of sp³-hybridized carbons (Fsp3) is 0.556. The minimum Gasteiger partial charge on any atom is -0.481 e. The molecule has 2 rings (SSSR count). The monoisotopic (exact) mass is 321 g/mol. The highest BCUT2D eigenvalue weighted by Gasteiger charge is 2.44. The largest absolute Gasteiger partial charge is 0.481 e. The number of hydrogen-bond donors (Lipinski definition) is 2. The predicted molar refractivity (Wildman–Crippen MR) is 85.5 cm³/mol. The normalized spacial score (nSPS) is 17.4. The van der Waals surface area contributed by atoms with Crippen molar-refractivity contribution in [2.45, 2.75) is 45.4 Å². The number of carbonyl (C=O) groups excluding carboxylic acids is 1. The molecule has 1 amide bonds. The van der Waals surface area contributed by atoms with Crippen molar-refractivity contribution < 1.29 is 19.1 Å². The smallest absolute Gasteiger partial charge is 0.312 e. The quantitative estimate of drug-likeness (QED) is 0.809. The third kappa shape index (κ3) is 4.09. The van der Waals surface area contributed by atoms with Gasteiger partial charge in [-0.05, 0) is 42.9 Å². The molecule has 0 aliphatic heterocycles. The van der Waals surface area contributed by atoms with Gasteiger partial charge in [0.05, 0.1) is 5.92 Å². The van der Waals surface area contributed by atoms with E-state index in [4.69, 9.17) is 0 Å². The Morgan fingerprint density at radius 2 is 1.87 bits per heavy atom. The second-order valence-electron chi connectivity index (χ2n) is 6.88. The van der Waals surface area contributed by atoms with Gasteiger partial charge >= 0.3 is 5.97 Å². The van der Waals surface area contributed by atoms with Crippen molar-refractivity contribution in [1.29, 1.82) is 0 Å². The summed E-state index contributed by atoms with van der Waals surface area (Å²) in [5, 5.41) is 12.2. The number of nitrogens with one attached hydrogen (secondary N) is 1. The summed E-state index contributed by atoms with van der Waals surface area (Å²) in [4.78, 5) is 24.0. The van der Waals surface area contributed by atoms with Gasteiger partial charge in [-0.25, -0.2) is 4.39 Å². The number of carbonyl (C=O) groups is 2. The molecular formula is C18H24FNO3. The summed E-state index contributed by atoms with van der Waals surface area (Å²) in [6.45, 7) is 4.21. The molecule has 0 spiro atoms. The third-order valence-electron chi connectivity index (χ3n) is 4.63. The van der Waals surface area contributed by atoms with E-state index >= 15 is 0 Å². The van der Waals surface area contributed by atoms with E-state index in [1.807, 2.05) is 0 Å². The molecule has 0 bridgehead atoms. The van der Waals surface area contributed by atoms with E-state index in [-0.39, 0.29) is 17.9 Å². The summed E-state index contributed by atoms with van der Waals surface area (Å²) >= 11 is 0. The lowest BCUT2D eigenvalue weighted by atomic mass is 9.64. The van der Waals surface area contributed by atoms with Crippen LogP contribution >= 0.6 is 0 Å². The number of rotatable bonds is 7. The Morgan fingerprint density at radius 1 is 1.26 bits per heavy atom. The fourth-order valence-electron chi connectivity index (χ4n) is 3.33. The second-order valence-corrected chi connectivity index (χ2v) is 6.88. The van der Waals surface area contributed by atoms with Gasteiger partial charge in [-0.2, -0.15) is 0 Å². The van der Waals surface area contributed by atoms with Crippen LogP contribution in [0, 0.1) is 17.2 Å². The van der Waals surface area contributed by atoms with Crippen molar-refractivity contribution in [3.05, 3.63) is 35.6 Å². The first-order valence-corrected chi connectivity index (χ1v) is 8.10. The number of hydrogen-bond acceptors (Lipinski definition) is 2. The molecule has 1 aliphatic carbocycles. The number of carboxylic acids is 1. The van der Waals surface area contributed by atoms with E-state index in [9.17, 15) is 19.1 Å². The molecule has 0 heterocycles. The van der Waals surface area contributed by atoms with Gasteiger partial charge in [0.2, 0.25) is 5.91 Å². The number of aliphatic carboxylic acids is 1. The Kier molecular flexibility index (Phi) is 5.39. The second kappa shape index (κ2) is 7.11. The summed E-state index contributed by atoms with van der Waals surface area (Å²) in [6.07, 6.45) is 3.60. The van der Waals surface area contributed by atoms with Crippen LogP contribution in [-0.2, 0) is 9.59 Å². The third-order valence-corrected chi connectivity index (χ3v) is 4.63. The van der Waals surface area contributed by atoms with Crippen LogP contribution in [0.3, 0.4) is 0 Å². The maximum atomic E-state index is 13.0. The Morgan fingerprint density at radius 3 is 2.30 bits per heavy atom. The van der Waals surface area contributed by atoms with E-state index in [2.05, 4.69) is 19.2 Å². The van der Waals surface area contributed by atoms with Crippen molar-refractivity contribution >= 4 is 11.9 Å². The molecule has 1 aromatic rings. The van der Waals surface area contributed by atoms with Crippen LogP contribution in [0.4, 0.5) is 4.39 Å². The van der Waals surface area contributed by atoms with Crippen LogP contribution in [0.2, 0.25) is 0 Å². The molecule has 1 aromatic carbocycles. The molecule has 2 N–H and O–H groups in total. The van der Waals surface area contributed by atoms with Gasteiger partial charge in [-0.1, -0.05) is 32.4 Å². The van der Waals surface area contributed by atoms with Gasteiger partial charge in [-0.3, -0.25) is 9.59 Å². The topological polar surface area (TPSA) is 66.4 Å². The summed E-state index contributed by atoms with van der Waals surface area (Å²) < 4.78 is 13.0. The number of carboxylic acid groups (broad SMARTS) is 1. The molecule has 1 aliphatic rings. The van der Waals surface area contributed by atoms with E-state index < -0.39 is 17.7 Å². The van der Waals surface area contributed by atoms with Crippen LogP contribution < -0.4 is 5.32 Å². The van der Waals surface area contributed by atoms with Gasteiger partial charge in [-0.15, -0.1) is 0 Å². The van der Waals surface area contributed by atoms with Gasteiger partial charge < -0.3 is 10.4 Å². The van der Waals surface area contributed by atoms with Gasteiger partial charge in [0.15, 0.2) is 0 Å². The molecule has 0 aromatic heterocycles. The zero-order chi connectivity index (χ0) is 17.0. The van der Waals surface area contributed by atoms with Crippen molar-refractivity contribution in [3.63, 3.8) is 0 Å². The average molecular weight is 321 g/mol. The van der Waals surface area contributed by atoms with Crippen molar-refractivity contribution in [2.75, 3.05) is 6.54 Å². The number of amides is 1. The Bertz CT molecular complexity index is 564. The molecule has 1 fully saturated rings. The van der Waals surface area contributed by atoms with Crippen molar-refractivity contribution in [2.24, 2.45) is 11.3 Å². The summed E-state index contributed by atoms with van der Waals surface area (Å²) in [5.74, 6) is -1.93. The maximum Gasteiger partial charge on any atom is 0.312 e. The molecule has 1 saturated carbocycles. The Labute approximate surface area is 136 Å². The fourth-order valence-corrected chi connectivity index (χ4v) is 3.33. The molecule has 0 saturated heterocycles. The van der Waals surface area contributed by atoms with E-state index in [0.717, 1.165) is 25.7 Å². The van der Waals surface area contributed by atoms with Crippen LogP contribution in [0.5, 0.6) is 0 Å². The zero-order valence-electron chi connectivity index (χ0n) is 13.6. The molecule has 0 radical (unpaired) electrons. The molecule has 1 unspecified atom stereocenters. The highest BCUT2D eigenvalue weighted by molar-refractivity contribution is 5.84. The highest BCUT2D eigenvalue weighted by atomic mass is 19.1. The summed E-state index contributed by atoms with van der Waals surface area (Å²) in [7, 11) is 0. The lowest BCUT2D eigenvalue weighted by Gasteiger charge is -2.41. The van der Waals surface area contributed by atoms with E-state index in [1.165, 1.54) is 24.3 Å². The van der Waals surface area contributed by atoms with Crippen LogP contribution in [-0.4, -0.2) is 23.5 Å². The first-order valence-electron chi connectivity index (χ1n) is 8.10. The lowest BCUT2D eigenvalue weighted by molar-refractivity contribution is -0.140. The number of benzene rings is 1. The molecular weight excluding hydrogens is 297 g/mol. The van der Waals surface area contributed by atoms with E-state index in [0.29, 0.717) is 11.5 Å². The first kappa shape index (κ1) is 17.4. The maximum absolute atomic E-state index is 13.0. The lowest BCUT2D eigenvalue weighted by Crippen LogP contribution is -2.47. The van der Waals surface area contributed by atoms with Gasteiger partial charge in [0.1, 0.15) is 5.82 Å². The van der Waals surface area contributed by atoms with Gasteiger partial charge in [0.25, 0.3) is 0 Å². The predicted octanol–water partition coefficient (Wildman–Crippen LogP) is 3.33. The van der Waals surface area contributed by atoms with E-state index in [1.54, 1.807) is 0 Å². The average Bonchev–Trinajstić information content (AvgIpc) is 2.44. The number of halogens is 1. The first-order chi connectivity index (χ1) is 10.8. The Balaban J connectivity index is 2.02. The SMILES string of the molecule is CC(C)CC1(C(=O)NCC(C(=O)O)c2ccc(F)cc2)CCC1. The van der Waals surface area contributed by atoms with Crippen LogP contribution in [0.15, 0.2) is 24.3 Å². The standard InChI is InChI=1S/C18H24FNO3/c1-12(2)10-18(8-3-9-18)17(23)20-11-15(16(21)22)13-4-6-14(19)7-5-13/h4-7,12,15H,3,8-11H2,1-2H3,(H,20,23)(H,21,22). The molecule has 126 valence electrons. The van der Waals surface area contributed by atoms with Crippen LogP contribution in [0.25, 0.3) is 0 Å². The molecule has 4 nitrogen and oxygen atoms in total. The van der Waals surface area contributed by atoms with Crippen molar-refractivity contribution in [1.82, 2.24) is 5.32 Å². The van der Waals surface area contributed by atoms with Crippen LogP contribution in [0.1, 0.15) is 51.0 Å². The minimum absolute atomic E-state index is 0.0274. The highest BCUT2D eigenvalue weighted by Crippen LogP contribution is 2.46. The Hall–Kier alpha value is -1.91. The summed E-state index contributed by atoms with van der Waals surface area (Å²) in [5.41, 5.74) is 0.158. The van der Waals surface area contributed by atoms with Crippen molar-refractivity contribution in [3.8, 4) is 0 Å². The molecule has 23 heavy (non-hydrogen) atoms. The summed E-state index contributed by atoms with van der Waals surface area (Å²) in [6, 6.07) is 5.37. The zero-order valence-corrected chi connectivity index (χ0v) is 13.6.